The van der Waals surface area contributed by atoms with Crippen LogP contribution in [0.4, 0.5) is 13.2 Å². The highest BCUT2D eigenvalue weighted by Crippen LogP contribution is 2.29. The zero-order valence-corrected chi connectivity index (χ0v) is 21.3. The molecule has 1 heterocycles. The van der Waals surface area contributed by atoms with Crippen molar-refractivity contribution in [2.24, 2.45) is 5.92 Å². The van der Waals surface area contributed by atoms with Crippen LogP contribution in [-0.2, 0) is 28.9 Å². The molecule has 2 rings (SSSR count). The van der Waals surface area contributed by atoms with Crippen molar-refractivity contribution in [2.45, 2.75) is 72.6 Å². The molecule has 1 aromatic heterocycles. The topological polar surface area (TPSA) is 45.6 Å². The van der Waals surface area contributed by atoms with Gasteiger partial charge in [-0.3, -0.25) is 9.59 Å². The second-order valence-electron chi connectivity index (χ2n) is 9.35. The third-order valence-electron chi connectivity index (χ3n) is 5.91. The molecule has 194 valence electrons. The molecular formula is C27H38F3N3O2. The predicted molar refractivity (Wildman–Crippen MR) is 132 cm³/mol. The molecule has 0 saturated heterocycles. The van der Waals surface area contributed by atoms with Gasteiger partial charge in [0.1, 0.15) is 0 Å². The zero-order chi connectivity index (χ0) is 26.0. The maximum Gasteiger partial charge on any atom is 0.416 e. The Hall–Kier alpha value is -2.77. The van der Waals surface area contributed by atoms with Crippen molar-refractivity contribution in [3.05, 3.63) is 59.4 Å². The van der Waals surface area contributed by atoms with Gasteiger partial charge in [-0.2, -0.15) is 13.2 Å². The Morgan fingerprint density at radius 1 is 1.00 bits per heavy atom. The Kier molecular flexibility index (Phi) is 10.9. The van der Waals surface area contributed by atoms with E-state index in [9.17, 15) is 22.8 Å². The monoisotopic (exact) mass is 493 g/mol. The summed E-state index contributed by atoms with van der Waals surface area (Å²) in [7, 11) is 0. The molecule has 0 N–H and O–H groups in total. The summed E-state index contributed by atoms with van der Waals surface area (Å²) >= 11 is 0. The summed E-state index contributed by atoms with van der Waals surface area (Å²) in [4.78, 5) is 29.1. The second-order valence-corrected chi connectivity index (χ2v) is 9.35. The molecule has 0 atom stereocenters. The number of unbranched alkanes of at least 4 members (excludes halogenated alkanes) is 2. The number of likely N-dealkylation sites (N-methyl/N-ethyl adjacent to an activating group) is 1. The fourth-order valence-electron chi connectivity index (χ4n) is 3.95. The van der Waals surface area contributed by atoms with E-state index in [4.69, 9.17) is 0 Å². The summed E-state index contributed by atoms with van der Waals surface area (Å²) in [5.74, 6) is 0.0654. The average Bonchev–Trinajstić information content (AvgIpc) is 3.22. The van der Waals surface area contributed by atoms with Crippen molar-refractivity contribution in [1.82, 2.24) is 14.4 Å². The molecule has 0 unspecified atom stereocenters. The van der Waals surface area contributed by atoms with Crippen molar-refractivity contribution in [3.63, 3.8) is 0 Å². The predicted octanol–water partition coefficient (Wildman–Crippen LogP) is 5.97. The van der Waals surface area contributed by atoms with E-state index in [-0.39, 0.29) is 30.8 Å². The van der Waals surface area contributed by atoms with Crippen LogP contribution in [0.5, 0.6) is 0 Å². The normalized spacial score (nSPS) is 11.7. The number of amides is 2. The molecular weight excluding hydrogens is 455 g/mol. The number of hydrogen-bond acceptors (Lipinski definition) is 2. The van der Waals surface area contributed by atoms with Gasteiger partial charge in [-0.25, -0.2) is 0 Å². The number of carbonyl (C=O) groups excluding carboxylic acids is 2. The fraction of sp³-hybridized carbons (Fsp3) is 0.556. The van der Waals surface area contributed by atoms with Gasteiger partial charge in [0.2, 0.25) is 11.8 Å². The average molecular weight is 494 g/mol. The van der Waals surface area contributed by atoms with Gasteiger partial charge in [0, 0.05) is 37.9 Å². The van der Waals surface area contributed by atoms with Crippen LogP contribution < -0.4 is 0 Å². The minimum atomic E-state index is -4.39. The molecule has 8 heteroatoms. The van der Waals surface area contributed by atoms with E-state index in [1.165, 1.54) is 6.07 Å². The van der Waals surface area contributed by atoms with E-state index in [0.717, 1.165) is 37.1 Å². The van der Waals surface area contributed by atoms with Crippen LogP contribution in [0.1, 0.15) is 70.2 Å². The molecule has 0 spiro atoms. The Balaban J connectivity index is 2.17. The number of aromatic nitrogens is 1. The van der Waals surface area contributed by atoms with Gasteiger partial charge in [-0.1, -0.05) is 45.7 Å². The van der Waals surface area contributed by atoms with Gasteiger partial charge in [0.15, 0.2) is 0 Å². The first-order chi connectivity index (χ1) is 16.5. The van der Waals surface area contributed by atoms with E-state index in [1.807, 2.05) is 43.7 Å². The van der Waals surface area contributed by atoms with Gasteiger partial charge in [-0.15, -0.1) is 0 Å². The highest BCUT2D eigenvalue weighted by Gasteiger charge is 2.30. The number of hydrogen-bond donors (Lipinski definition) is 0. The third kappa shape index (κ3) is 9.07. The molecule has 0 aliphatic heterocycles. The highest BCUT2D eigenvalue weighted by molar-refractivity contribution is 5.85. The molecule has 0 fully saturated rings. The molecule has 0 saturated carbocycles. The van der Waals surface area contributed by atoms with Crippen LogP contribution in [0.3, 0.4) is 0 Å². The fourth-order valence-corrected chi connectivity index (χ4v) is 3.95. The summed E-state index contributed by atoms with van der Waals surface area (Å²) in [6.45, 7) is 9.59. The number of benzene rings is 1. The molecule has 0 aliphatic rings. The van der Waals surface area contributed by atoms with E-state index >= 15 is 0 Å². The van der Waals surface area contributed by atoms with E-state index in [1.54, 1.807) is 15.9 Å². The standard InChI is InChI=1S/C27H38F3N3O2/c1-5-7-8-14-33(26(35)20-31(6-2)25(34)16-21(3)4)19-24-13-10-15-32(24)18-22-11-9-12-23(17-22)27(28,29)30/h9-13,15,17,21H,5-8,14,16,18-20H2,1-4H3. The van der Waals surface area contributed by atoms with Gasteiger partial charge >= 0.3 is 6.18 Å². The molecule has 5 nitrogen and oxygen atoms in total. The lowest BCUT2D eigenvalue weighted by atomic mass is 10.1. The number of carbonyl (C=O) groups is 2. The first-order valence-electron chi connectivity index (χ1n) is 12.4. The zero-order valence-electron chi connectivity index (χ0n) is 21.3. The summed E-state index contributed by atoms with van der Waals surface area (Å²) in [5, 5.41) is 0. The van der Waals surface area contributed by atoms with E-state index in [0.29, 0.717) is 31.6 Å². The summed E-state index contributed by atoms with van der Waals surface area (Å²) in [6.07, 6.45) is 0.672. The lowest BCUT2D eigenvalue weighted by Gasteiger charge is -2.28. The van der Waals surface area contributed by atoms with E-state index < -0.39 is 11.7 Å². The molecule has 0 aliphatic carbocycles. The smallest absolute Gasteiger partial charge is 0.345 e. The number of alkyl halides is 3. The number of halogens is 3. The van der Waals surface area contributed by atoms with Crippen LogP contribution in [0.25, 0.3) is 0 Å². The van der Waals surface area contributed by atoms with Crippen LogP contribution in [-0.4, -0.2) is 45.8 Å². The molecule has 2 aromatic rings. The minimum Gasteiger partial charge on any atom is -0.345 e. The molecule has 0 radical (unpaired) electrons. The largest absolute Gasteiger partial charge is 0.416 e. The minimum absolute atomic E-state index is 0.0303. The Morgan fingerprint density at radius 2 is 1.74 bits per heavy atom. The van der Waals surface area contributed by atoms with Crippen LogP contribution in [0.2, 0.25) is 0 Å². The quantitative estimate of drug-likeness (QED) is 0.323. The second kappa shape index (κ2) is 13.4. The van der Waals surface area contributed by atoms with Crippen molar-refractivity contribution in [1.29, 1.82) is 0 Å². The maximum absolute atomic E-state index is 13.2. The van der Waals surface area contributed by atoms with Crippen molar-refractivity contribution in [3.8, 4) is 0 Å². The number of rotatable bonds is 13. The number of nitrogens with zero attached hydrogens (tertiary/aromatic N) is 3. The first-order valence-corrected chi connectivity index (χ1v) is 12.4. The first kappa shape index (κ1) is 28.5. The van der Waals surface area contributed by atoms with Crippen molar-refractivity contribution in [2.75, 3.05) is 19.6 Å². The van der Waals surface area contributed by atoms with Gasteiger partial charge in [0.05, 0.1) is 18.7 Å². The van der Waals surface area contributed by atoms with Crippen LogP contribution >= 0.6 is 0 Å². The molecule has 35 heavy (non-hydrogen) atoms. The van der Waals surface area contributed by atoms with Crippen molar-refractivity contribution < 1.29 is 22.8 Å². The Labute approximate surface area is 206 Å². The Morgan fingerprint density at radius 3 is 2.37 bits per heavy atom. The Bertz CT molecular complexity index is 953. The summed E-state index contributed by atoms with van der Waals surface area (Å²) in [6, 6.07) is 9.02. The lowest BCUT2D eigenvalue weighted by Crippen LogP contribution is -2.43. The van der Waals surface area contributed by atoms with Crippen LogP contribution in [0.15, 0.2) is 42.6 Å². The molecule has 2 amide bonds. The van der Waals surface area contributed by atoms with E-state index in [2.05, 4.69) is 6.92 Å². The summed E-state index contributed by atoms with van der Waals surface area (Å²) in [5.41, 5.74) is 0.701. The molecule has 0 bridgehead atoms. The highest BCUT2D eigenvalue weighted by atomic mass is 19.4. The maximum atomic E-state index is 13.2. The van der Waals surface area contributed by atoms with Crippen molar-refractivity contribution >= 4 is 11.8 Å². The van der Waals surface area contributed by atoms with Gasteiger partial charge in [0.25, 0.3) is 0 Å². The van der Waals surface area contributed by atoms with Gasteiger partial charge < -0.3 is 14.4 Å². The van der Waals surface area contributed by atoms with Crippen LogP contribution in [0, 0.1) is 5.92 Å². The third-order valence-corrected chi connectivity index (χ3v) is 5.91. The SMILES string of the molecule is CCCCCN(Cc1cccn1Cc1cccc(C(F)(F)F)c1)C(=O)CN(CC)C(=O)CC(C)C. The van der Waals surface area contributed by atoms with Gasteiger partial charge in [-0.05, 0) is 49.1 Å². The summed E-state index contributed by atoms with van der Waals surface area (Å²) < 4.78 is 41.2. The molecule has 1 aromatic carbocycles. The lowest BCUT2D eigenvalue weighted by molar-refractivity contribution is -0.141.